The number of aromatic nitrogens is 1. The van der Waals surface area contributed by atoms with Gasteiger partial charge in [0, 0.05) is 17.5 Å². The monoisotopic (exact) mass is 267 g/mol. The molecule has 1 heterocycles. The number of hydrogen-bond donors (Lipinski definition) is 1. The van der Waals surface area contributed by atoms with Crippen molar-refractivity contribution in [2.75, 3.05) is 7.11 Å². The molecule has 100 valence electrons. The van der Waals surface area contributed by atoms with Crippen molar-refractivity contribution in [3.63, 3.8) is 0 Å². The predicted octanol–water partition coefficient (Wildman–Crippen LogP) is 3.33. The van der Waals surface area contributed by atoms with Crippen LogP contribution in [0.25, 0.3) is 10.9 Å². The minimum atomic E-state index is -0.211. The van der Waals surface area contributed by atoms with Crippen LogP contribution in [0.4, 0.5) is 0 Å². The fraction of sp³-hybridized carbons (Fsp3) is 0.0625. The van der Waals surface area contributed by atoms with Gasteiger partial charge in [0.25, 0.3) is 5.56 Å². The van der Waals surface area contributed by atoms with Gasteiger partial charge >= 0.3 is 0 Å². The van der Waals surface area contributed by atoms with E-state index in [0.717, 1.165) is 5.39 Å². The standard InChI is InChI=1S/C16H13NO3/c1-19-12-7-8-13-14(9-12)17-16(18)10-15(13)20-11-5-3-2-4-6-11/h2-10H,1H3,(H,17,18). The van der Waals surface area contributed by atoms with E-state index >= 15 is 0 Å². The van der Waals surface area contributed by atoms with E-state index in [0.29, 0.717) is 22.8 Å². The van der Waals surface area contributed by atoms with Gasteiger partial charge in [0.05, 0.1) is 12.6 Å². The molecule has 0 bridgehead atoms. The lowest BCUT2D eigenvalue weighted by Crippen LogP contribution is -2.05. The Hall–Kier alpha value is -2.75. The van der Waals surface area contributed by atoms with Crippen LogP contribution >= 0.6 is 0 Å². The average molecular weight is 267 g/mol. The largest absolute Gasteiger partial charge is 0.497 e. The first kappa shape index (κ1) is 12.3. The summed E-state index contributed by atoms with van der Waals surface area (Å²) in [5.74, 6) is 1.90. The SMILES string of the molecule is COc1ccc2c(Oc3ccccc3)cc(=O)[nH]c2c1. The van der Waals surface area contributed by atoms with Crippen molar-refractivity contribution >= 4 is 10.9 Å². The van der Waals surface area contributed by atoms with Crippen LogP contribution in [0.2, 0.25) is 0 Å². The maximum atomic E-state index is 11.7. The van der Waals surface area contributed by atoms with E-state index in [-0.39, 0.29) is 5.56 Å². The lowest BCUT2D eigenvalue weighted by Gasteiger charge is -2.09. The third kappa shape index (κ3) is 2.36. The van der Waals surface area contributed by atoms with Crippen LogP contribution in [0.1, 0.15) is 0 Å². The first-order valence-electron chi connectivity index (χ1n) is 6.20. The van der Waals surface area contributed by atoms with Gasteiger partial charge in [-0.2, -0.15) is 0 Å². The Morgan fingerprint density at radius 3 is 2.50 bits per heavy atom. The Morgan fingerprint density at radius 2 is 1.75 bits per heavy atom. The summed E-state index contributed by atoms with van der Waals surface area (Å²) in [5.41, 5.74) is 0.472. The molecule has 0 unspecified atom stereocenters. The number of nitrogens with one attached hydrogen (secondary N) is 1. The number of pyridine rings is 1. The Morgan fingerprint density at radius 1 is 0.950 bits per heavy atom. The smallest absolute Gasteiger partial charge is 0.252 e. The number of methoxy groups -OCH3 is 1. The molecule has 0 aliphatic rings. The second kappa shape index (κ2) is 5.09. The number of rotatable bonds is 3. The second-order valence-corrected chi connectivity index (χ2v) is 4.32. The summed E-state index contributed by atoms with van der Waals surface area (Å²) in [6.07, 6.45) is 0. The molecule has 0 aliphatic heterocycles. The fourth-order valence-corrected chi connectivity index (χ4v) is 2.03. The normalized spacial score (nSPS) is 10.4. The summed E-state index contributed by atoms with van der Waals surface area (Å²) in [7, 11) is 1.59. The van der Waals surface area contributed by atoms with E-state index in [9.17, 15) is 4.79 Å². The zero-order chi connectivity index (χ0) is 13.9. The Balaban J connectivity index is 2.12. The van der Waals surface area contributed by atoms with Crippen molar-refractivity contribution in [3.05, 3.63) is 65.0 Å². The molecule has 0 radical (unpaired) electrons. The molecular formula is C16H13NO3. The van der Waals surface area contributed by atoms with Gasteiger partial charge in [-0.15, -0.1) is 0 Å². The molecule has 0 amide bonds. The quantitative estimate of drug-likeness (QED) is 0.792. The van der Waals surface area contributed by atoms with E-state index in [1.54, 1.807) is 13.2 Å². The van der Waals surface area contributed by atoms with Gasteiger partial charge in [0.15, 0.2) is 0 Å². The van der Waals surface area contributed by atoms with E-state index in [4.69, 9.17) is 9.47 Å². The van der Waals surface area contributed by atoms with Gasteiger partial charge in [-0.25, -0.2) is 0 Å². The van der Waals surface area contributed by atoms with Crippen LogP contribution in [0.15, 0.2) is 59.4 Å². The van der Waals surface area contributed by atoms with Crippen LogP contribution in [-0.4, -0.2) is 12.1 Å². The highest BCUT2D eigenvalue weighted by molar-refractivity contribution is 5.86. The summed E-state index contributed by atoms with van der Waals surface area (Å²) >= 11 is 0. The predicted molar refractivity (Wildman–Crippen MR) is 77.6 cm³/mol. The van der Waals surface area contributed by atoms with Crippen molar-refractivity contribution in [2.24, 2.45) is 0 Å². The average Bonchev–Trinajstić information content (AvgIpc) is 2.47. The summed E-state index contributed by atoms with van der Waals surface area (Å²) in [5, 5.41) is 0.828. The van der Waals surface area contributed by atoms with Crippen LogP contribution < -0.4 is 15.0 Å². The molecule has 3 rings (SSSR count). The number of aromatic amines is 1. The number of hydrogen-bond acceptors (Lipinski definition) is 3. The number of fused-ring (bicyclic) bond motifs is 1. The topological polar surface area (TPSA) is 51.3 Å². The number of para-hydroxylation sites is 1. The molecule has 0 saturated heterocycles. The molecule has 1 N–H and O–H groups in total. The molecule has 4 heteroatoms. The Bertz CT molecular complexity index is 794. The minimum Gasteiger partial charge on any atom is -0.497 e. The molecule has 20 heavy (non-hydrogen) atoms. The van der Waals surface area contributed by atoms with Crippen LogP contribution in [0.5, 0.6) is 17.2 Å². The minimum absolute atomic E-state index is 0.211. The molecular weight excluding hydrogens is 254 g/mol. The van der Waals surface area contributed by atoms with Crippen molar-refractivity contribution in [1.29, 1.82) is 0 Å². The lowest BCUT2D eigenvalue weighted by atomic mass is 10.2. The van der Waals surface area contributed by atoms with Crippen LogP contribution in [0, 0.1) is 0 Å². The van der Waals surface area contributed by atoms with E-state index in [1.807, 2.05) is 42.5 Å². The molecule has 1 aromatic heterocycles. The number of benzene rings is 2. The van der Waals surface area contributed by atoms with Gasteiger partial charge in [0.2, 0.25) is 0 Å². The van der Waals surface area contributed by atoms with Gasteiger partial charge in [-0.3, -0.25) is 4.79 Å². The number of H-pyrrole nitrogens is 1. The number of ether oxygens (including phenoxy) is 2. The summed E-state index contributed by atoms with van der Waals surface area (Å²) in [6.45, 7) is 0. The van der Waals surface area contributed by atoms with Crippen LogP contribution in [0.3, 0.4) is 0 Å². The molecule has 2 aromatic carbocycles. The van der Waals surface area contributed by atoms with E-state index in [2.05, 4.69) is 4.98 Å². The maximum Gasteiger partial charge on any atom is 0.252 e. The highest BCUT2D eigenvalue weighted by Gasteiger charge is 2.07. The van der Waals surface area contributed by atoms with E-state index < -0.39 is 0 Å². The van der Waals surface area contributed by atoms with Crippen molar-refractivity contribution in [2.45, 2.75) is 0 Å². The Labute approximate surface area is 115 Å². The summed E-state index contributed by atoms with van der Waals surface area (Å²) in [4.78, 5) is 14.5. The molecule has 0 spiro atoms. The summed E-state index contributed by atoms with van der Waals surface area (Å²) < 4.78 is 10.9. The Kier molecular flexibility index (Phi) is 3.13. The lowest BCUT2D eigenvalue weighted by molar-refractivity contribution is 0.415. The van der Waals surface area contributed by atoms with Crippen molar-refractivity contribution < 1.29 is 9.47 Å². The molecule has 0 fully saturated rings. The highest BCUT2D eigenvalue weighted by atomic mass is 16.5. The molecule has 4 nitrogen and oxygen atoms in total. The highest BCUT2D eigenvalue weighted by Crippen LogP contribution is 2.29. The van der Waals surface area contributed by atoms with Gasteiger partial charge in [0.1, 0.15) is 17.2 Å². The zero-order valence-corrected chi connectivity index (χ0v) is 10.9. The van der Waals surface area contributed by atoms with E-state index in [1.165, 1.54) is 6.07 Å². The zero-order valence-electron chi connectivity index (χ0n) is 10.9. The third-order valence-corrected chi connectivity index (χ3v) is 2.98. The fourth-order valence-electron chi connectivity index (χ4n) is 2.03. The molecule has 0 atom stereocenters. The molecule has 3 aromatic rings. The van der Waals surface area contributed by atoms with Crippen LogP contribution in [-0.2, 0) is 0 Å². The second-order valence-electron chi connectivity index (χ2n) is 4.32. The van der Waals surface area contributed by atoms with Gasteiger partial charge in [-0.1, -0.05) is 18.2 Å². The molecule has 0 aliphatic carbocycles. The van der Waals surface area contributed by atoms with Crippen molar-refractivity contribution in [3.8, 4) is 17.2 Å². The first-order valence-corrected chi connectivity index (χ1v) is 6.20. The maximum absolute atomic E-state index is 11.7. The molecule has 0 saturated carbocycles. The van der Waals surface area contributed by atoms with Crippen molar-refractivity contribution in [1.82, 2.24) is 4.98 Å². The third-order valence-electron chi connectivity index (χ3n) is 2.98. The summed E-state index contributed by atoms with van der Waals surface area (Å²) in [6, 6.07) is 16.3. The van der Waals surface area contributed by atoms with Gasteiger partial charge < -0.3 is 14.5 Å². The van der Waals surface area contributed by atoms with Gasteiger partial charge in [-0.05, 0) is 24.3 Å². The first-order chi connectivity index (χ1) is 9.76.